The number of nitrogens with zero attached hydrogens (tertiary/aromatic N) is 1. The van der Waals surface area contributed by atoms with Crippen LogP contribution < -0.4 is 15.8 Å². The minimum atomic E-state index is -0.584. The van der Waals surface area contributed by atoms with Crippen molar-refractivity contribution in [2.24, 2.45) is 0 Å². The molecule has 0 aliphatic rings. The lowest BCUT2D eigenvalue weighted by molar-refractivity contribution is 0.0845. The van der Waals surface area contributed by atoms with Gasteiger partial charge in [-0.2, -0.15) is 0 Å². The molecule has 2 aromatic carbocycles. The van der Waals surface area contributed by atoms with E-state index in [0.717, 1.165) is 11.3 Å². The van der Waals surface area contributed by atoms with Crippen molar-refractivity contribution in [2.75, 3.05) is 19.0 Å². The molecule has 2 amide bonds. The van der Waals surface area contributed by atoms with Crippen molar-refractivity contribution in [1.82, 2.24) is 10.9 Å². The van der Waals surface area contributed by atoms with Crippen molar-refractivity contribution in [3.05, 3.63) is 59.2 Å². The number of aryl methyl sites for hydroxylation is 1. The van der Waals surface area contributed by atoms with Gasteiger partial charge in [0, 0.05) is 25.3 Å². The molecule has 3 N–H and O–H groups in total. The molecule has 0 aliphatic carbocycles. The average Bonchev–Trinajstić information content (AvgIpc) is 2.52. The van der Waals surface area contributed by atoms with Crippen LogP contribution in [0.1, 0.15) is 26.3 Å². The van der Waals surface area contributed by atoms with Gasteiger partial charge in [-0.3, -0.25) is 20.4 Å². The fourth-order valence-electron chi connectivity index (χ4n) is 2.01. The van der Waals surface area contributed by atoms with Crippen LogP contribution in [0, 0.1) is 6.92 Å². The summed E-state index contributed by atoms with van der Waals surface area (Å²) >= 11 is 0. The maximum absolute atomic E-state index is 12.1. The van der Waals surface area contributed by atoms with Gasteiger partial charge in [-0.1, -0.05) is 12.1 Å². The molecule has 0 atom stereocenters. The summed E-state index contributed by atoms with van der Waals surface area (Å²) in [4.78, 5) is 26.0. The van der Waals surface area contributed by atoms with Crippen LogP contribution in [0.15, 0.2) is 42.5 Å². The van der Waals surface area contributed by atoms with Gasteiger partial charge in [-0.15, -0.1) is 0 Å². The Hall–Kier alpha value is -3.02. The number of hydrogen-bond acceptors (Lipinski definition) is 4. The summed E-state index contributed by atoms with van der Waals surface area (Å²) in [6.45, 7) is 1.81. The van der Waals surface area contributed by atoms with E-state index in [0.29, 0.717) is 5.56 Å². The van der Waals surface area contributed by atoms with Gasteiger partial charge in [0.05, 0.1) is 5.56 Å². The van der Waals surface area contributed by atoms with Crippen LogP contribution in [0.2, 0.25) is 0 Å². The highest BCUT2D eigenvalue weighted by atomic mass is 16.3. The van der Waals surface area contributed by atoms with Crippen LogP contribution in [-0.2, 0) is 0 Å². The van der Waals surface area contributed by atoms with Crippen LogP contribution in [-0.4, -0.2) is 31.0 Å². The van der Waals surface area contributed by atoms with Gasteiger partial charge < -0.3 is 10.0 Å². The van der Waals surface area contributed by atoms with Crippen molar-refractivity contribution in [3.63, 3.8) is 0 Å². The predicted octanol–water partition coefficient (Wildman–Crippen LogP) is 1.84. The molecule has 0 saturated heterocycles. The summed E-state index contributed by atoms with van der Waals surface area (Å²) in [6, 6.07) is 11.7. The number of nitrogens with one attached hydrogen (secondary N) is 2. The number of rotatable bonds is 3. The maximum atomic E-state index is 12.1. The Balaban J connectivity index is 2.04. The lowest BCUT2D eigenvalue weighted by Crippen LogP contribution is -2.41. The van der Waals surface area contributed by atoms with Gasteiger partial charge in [-0.05, 0) is 42.8 Å². The zero-order valence-electron chi connectivity index (χ0n) is 13.3. The number of anilines is 1. The quantitative estimate of drug-likeness (QED) is 0.755. The number of phenols is 1. The Morgan fingerprint density at radius 3 is 2.35 bits per heavy atom. The zero-order chi connectivity index (χ0) is 17.0. The van der Waals surface area contributed by atoms with Gasteiger partial charge >= 0.3 is 0 Å². The number of benzene rings is 2. The second-order valence-corrected chi connectivity index (χ2v) is 5.37. The topological polar surface area (TPSA) is 81.7 Å². The standard InChI is InChI=1S/C17H19N3O3/c1-11-7-8-14(15(21)9-11)17(23)19-18-16(22)12-5-4-6-13(10-12)20(2)3/h4-10,21H,1-3H3,(H,18,22)(H,19,23). The van der Waals surface area contributed by atoms with Crippen LogP contribution in [0.5, 0.6) is 5.75 Å². The number of amides is 2. The summed E-state index contributed by atoms with van der Waals surface area (Å²) in [5.74, 6) is -1.15. The molecule has 0 heterocycles. The molecule has 23 heavy (non-hydrogen) atoms. The van der Waals surface area contributed by atoms with Crippen LogP contribution in [0.4, 0.5) is 5.69 Å². The van der Waals surface area contributed by atoms with E-state index in [1.807, 2.05) is 25.1 Å². The highest BCUT2D eigenvalue weighted by molar-refractivity contribution is 6.00. The summed E-state index contributed by atoms with van der Waals surface area (Å²) in [5.41, 5.74) is 6.86. The van der Waals surface area contributed by atoms with Crippen molar-refractivity contribution >= 4 is 17.5 Å². The van der Waals surface area contributed by atoms with Crippen LogP contribution in [0.3, 0.4) is 0 Å². The molecule has 6 heteroatoms. The average molecular weight is 313 g/mol. The van der Waals surface area contributed by atoms with E-state index in [1.165, 1.54) is 12.1 Å². The molecule has 0 aliphatic heterocycles. The number of phenolic OH excluding ortho intramolecular Hbond substituents is 1. The molecule has 0 aromatic heterocycles. The van der Waals surface area contributed by atoms with Crippen molar-refractivity contribution in [3.8, 4) is 5.75 Å². The first-order chi connectivity index (χ1) is 10.9. The summed E-state index contributed by atoms with van der Waals surface area (Å²) in [7, 11) is 3.75. The second kappa shape index (κ2) is 6.83. The summed E-state index contributed by atoms with van der Waals surface area (Å²) < 4.78 is 0. The Kier molecular flexibility index (Phi) is 4.85. The third-order valence-corrected chi connectivity index (χ3v) is 3.31. The smallest absolute Gasteiger partial charge is 0.273 e. The molecule has 120 valence electrons. The highest BCUT2D eigenvalue weighted by Crippen LogP contribution is 2.18. The Morgan fingerprint density at radius 1 is 1.00 bits per heavy atom. The minimum Gasteiger partial charge on any atom is -0.507 e. The Bertz CT molecular complexity index is 742. The highest BCUT2D eigenvalue weighted by Gasteiger charge is 2.13. The molecular formula is C17H19N3O3. The molecule has 6 nitrogen and oxygen atoms in total. The first-order valence-electron chi connectivity index (χ1n) is 7.06. The van der Waals surface area contributed by atoms with Crippen molar-refractivity contribution in [2.45, 2.75) is 6.92 Å². The fourth-order valence-corrected chi connectivity index (χ4v) is 2.01. The van der Waals surface area contributed by atoms with E-state index in [2.05, 4.69) is 10.9 Å². The number of carbonyl (C=O) groups is 2. The van der Waals surface area contributed by atoms with Crippen LogP contribution >= 0.6 is 0 Å². The second-order valence-electron chi connectivity index (χ2n) is 5.37. The van der Waals surface area contributed by atoms with E-state index in [1.54, 1.807) is 31.2 Å². The number of hydrogen-bond donors (Lipinski definition) is 3. The predicted molar refractivity (Wildman–Crippen MR) is 88.5 cm³/mol. The molecule has 2 aromatic rings. The van der Waals surface area contributed by atoms with E-state index >= 15 is 0 Å². The Morgan fingerprint density at radius 2 is 1.70 bits per heavy atom. The van der Waals surface area contributed by atoms with Gasteiger partial charge in [0.1, 0.15) is 5.75 Å². The van der Waals surface area contributed by atoms with E-state index in [4.69, 9.17) is 0 Å². The van der Waals surface area contributed by atoms with Crippen LogP contribution in [0.25, 0.3) is 0 Å². The van der Waals surface area contributed by atoms with Crippen molar-refractivity contribution < 1.29 is 14.7 Å². The van der Waals surface area contributed by atoms with Gasteiger partial charge in [0.25, 0.3) is 11.8 Å². The maximum Gasteiger partial charge on any atom is 0.273 e. The van der Waals surface area contributed by atoms with Gasteiger partial charge in [0.2, 0.25) is 0 Å². The zero-order valence-corrected chi connectivity index (χ0v) is 13.3. The lowest BCUT2D eigenvalue weighted by Gasteiger charge is -2.14. The molecule has 2 rings (SSSR count). The molecule has 0 spiro atoms. The molecule has 0 radical (unpaired) electrons. The fraction of sp³-hybridized carbons (Fsp3) is 0.176. The summed E-state index contributed by atoms with van der Waals surface area (Å²) in [6.07, 6.45) is 0. The number of aromatic hydroxyl groups is 1. The first kappa shape index (κ1) is 16.4. The molecule has 0 bridgehead atoms. The Labute approximate surface area is 134 Å². The monoisotopic (exact) mass is 313 g/mol. The molecule has 0 fully saturated rings. The SMILES string of the molecule is Cc1ccc(C(=O)NNC(=O)c2cccc(N(C)C)c2)c(O)c1. The first-order valence-corrected chi connectivity index (χ1v) is 7.06. The third-order valence-electron chi connectivity index (χ3n) is 3.31. The lowest BCUT2D eigenvalue weighted by atomic mass is 10.1. The number of carbonyl (C=O) groups excluding carboxylic acids is 2. The van der Waals surface area contributed by atoms with E-state index < -0.39 is 11.8 Å². The third kappa shape index (κ3) is 4.00. The molecule has 0 saturated carbocycles. The van der Waals surface area contributed by atoms with Gasteiger partial charge in [0.15, 0.2) is 0 Å². The number of hydrazine groups is 1. The molecule has 0 unspecified atom stereocenters. The van der Waals surface area contributed by atoms with E-state index in [9.17, 15) is 14.7 Å². The minimum absolute atomic E-state index is 0.0953. The van der Waals surface area contributed by atoms with Gasteiger partial charge in [-0.25, -0.2) is 0 Å². The molecular weight excluding hydrogens is 294 g/mol. The van der Waals surface area contributed by atoms with Crippen molar-refractivity contribution in [1.29, 1.82) is 0 Å². The largest absolute Gasteiger partial charge is 0.507 e. The van der Waals surface area contributed by atoms with E-state index in [-0.39, 0.29) is 11.3 Å². The normalized spacial score (nSPS) is 10.0. The summed E-state index contributed by atoms with van der Waals surface area (Å²) in [5, 5.41) is 9.76.